The fraction of sp³-hybridized carbons (Fsp3) is 0.364. The molecule has 1 aromatic carbocycles. The topological polar surface area (TPSA) is 41.8 Å². The summed E-state index contributed by atoms with van der Waals surface area (Å²) in [6, 6.07) is 5.64. The molecule has 0 saturated heterocycles. The van der Waals surface area contributed by atoms with Crippen molar-refractivity contribution in [1.29, 1.82) is 0 Å². The Kier molecular flexibility index (Phi) is 4.59. The first-order valence-electron chi connectivity index (χ1n) is 4.62. The maximum Gasteiger partial charge on any atom is 0.0873 e. The predicted octanol–water partition coefficient (Wildman–Crippen LogP) is 2.73. The van der Waals surface area contributed by atoms with Gasteiger partial charge in [0.05, 0.1) is 5.71 Å². The Morgan fingerprint density at radius 1 is 1.33 bits per heavy atom. The third-order valence-corrected chi connectivity index (χ3v) is 2.37. The van der Waals surface area contributed by atoms with Crippen LogP contribution in [0.3, 0.4) is 0 Å². The van der Waals surface area contributed by atoms with Crippen molar-refractivity contribution in [3.05, 3.63) is 34.3 Å². The molecule has 0 saturated carbocycles. The molecule has 0 spiro atoms. The maximum atomic E-state index is 8.64. The van der Waals surface area contributed by atoms with Crippen LogP contribution in [0.1, 0.15) is 17.5 Å². The number of oxime groups is 1. The maximum absolute atomic E-state index is 8.64. The average Bonchev–Trinajstić information content (AvgIpc) is 2.61. The number of ether oxygens (including phenoxy) is 1. The summed E-state index contributed by atoms with van der Waals surface area (Å²) in [5.74, 6) is 0. The lowest BCUT2D eigenvalue weighted by Gasteiger charge is -1.97. The molecule has 1 aliphatic rings. The summed E-state index contributed by atoms with van der Waals surface area (Å²) in [5, 5.41) is 12.6. The van der Waals surface area contributed by atoms with E-state index in [9.17, 15) is 0 Å². The number of methoxy groups -OCH3 is 1. The number of halogens is 1. The van der Waals surface area contributed by atoms with Gasteiger partial charge in [-0.05, 0) is 30.5 Å². The van der Waals surface area contributed by atoms with E-state index in [2.05, 4.69) is 9.89 Å². The summed E-state index contributed by atoms with van der Waals surface area (Å²) >= 11 is 5.81. The summed E-state index contributed by atoms with van der Waals surface area (Å²) in [6.45, 7) is 0. The fourth-order valence-electron chi connectivity index (χ4n) is 1.54. The Hall–Kier alpha value is -1.06. The van der Waals surface area contributed by atoms with Crippen LogP contribution in [-0.2, 0) is 11.2 Å². The number of fused-ring (bicyclic) bond motifs is 1. The molecule has 0 atom stereocenters. The number of aryl methyl sites for hydroxylation is 1. The zero-order chi connectivity index (χ0) is 11.3. The zero-order valence-corrected chi connectivity index (χ0v) is 9.58. The molecule has 0 fully saturated rings. The molecule has 4 heteroatoms. The zero-order valence-electron chi connectivity index (χ0n) is 8.83. The number of hydrogen-bond donors (Lipinski definition) is 1. The highest BCUT2D eigenvalue weighted by molar-refractivity contribution is 6.30. The van der Waals surface area contributed by atoms with Gasteiger partial charge in [0.15, 0.2) is 0 Å². The molecule has 0 heterocycles. The predicted molar refractivity (Wildman–Crippen MR) is 61.0 cm³/mol. The standard InChI is InChI=1S/C9H8ClNO.C2H6O/c10-7-2-3-8-6(5-7)1-4-9(8)11-12;1-3-2/h2-3,5,12H,1,4H2;1-2H3. The second-order valence-electron chi connectivity index (χ2n) is 3.26. The number of nitrogens with zero attached hydrogens (tertiary/aromatic N) is 1. The fourth-order valence-corrected chi connectivity index (χ4v) is 1.74. The molecule has 1 aliphatic carbocycles. The van der Waals surface area contributed by atoms with Crippen molar-refractivity contribution >= 4 is 17.3 Å². The minimum atomic E-state index is 0.743. The molecule has 0 aromatic heterocycles. The van der Waals surface area contributed by atoms with E-state index < -0.39 is 0 Å². The quantitative estimate of drug-likeness (QED) is 0.547. The summed E-state index contributed by atoms with van der Waals surface area (Å²) in [4.78, 5) is 0. The highest BCUT2D eigenvalue weighted by atomic mass is 35.5. The molecular weight excluding hydrogens is 214 g/mol. The van der Waals surface area contributed by atoms with E-state index in [0.29, 0.717) is 0 Å². The van der Waals surface area contributed by atoms with Crippen LogP contribution < -0.4 is 0 Å². The molecule has 0 aliphatic heterocycles. The van der Waals surface area contributed by atoms with Gasteiger partial charge in [0.1, 0.15) is 0 Å². The van der Waals surface area contributed by atoms with Crippen molar-refractivity contribution in [3.8, 4) is 0 Å². The summed E-state index contributed by atoms with van der Waals surface area (Å²) in [5.41, 5.74) is 2.97. The van der Waals surface area contributed by atoms with E-state index in [1.807, 2.05) is 18.2 Å². The molecule has 1 N–H and O–H groups in total. The Balaban J connectivity index is 0.000000337. The molecule has 3 nitrogen and oxygen atoms in total. The first kappa shape index (κ1) is 12.0. The third-order valence-electron chi connectivity index (χ3n) is 2.13. The minimum absolute atomic E-state index is 0.743. The van der Waals surface area contributed by atoms with Crippen LogP contribution in [0.15, 0.2) is 23.4 Å². The van der Waals surface area contributed by atoms with E-state index in [0.717, 1.165) is 29.1 Å². The highest BCUT2D eigenvalue weighted by Gasteiger charge is 2.17. The average molecular weight is 228 g/mol. The van der Waals surface area contributed by atoms with Crippen molar-refractivity contribution in [3.63, 3.8) is 0 Å². The molecule has 1 aromatic rings. The van der Waals surface area contributed by atoms with E-state index >= 15 is 0 Å². The van der Waals surface area contributed by atoms with Gasteiger partial charge in [-0.25, -0.2) is 0 Å². The van der Waals surface area contributed by atoms with E-state index in [4.69, 9.17) is 16.8 Å². The van der Waals surface area contributed by atoms with E-state index in [1.165, 1.54) is 5.56 Å². The third kappa shape index (κ3) is 2.94. The number of hydrogen-bond acceptors (Lipinski definition) is 3. The molecule has 0 bridgehead atoms. The van der Waals surface area contributed by atoms with Gasteiger partial charge in [-0.1, -0.05) is 22.8 Å². The van der Waals surface area contributed by atoms with Gasteiger partial charge >= 0.3 is 0 Å². The molecular formula is C11H14ClNO2. The van der Waals surface area contributed by atoms with Crippen LogP contribution in [0.5, 0.6) is 0 Å². The van der Waals surface area contributed by atoms with Gasteiger partial charge in [-0.15, -0.1) is 0 Å². The lowest BCUT2D eigenvalue weighted by atomic mass is 10.1. The van der Waals surface area contributed by atoms with Gasteiger partial charge in [0.25, 0.3) is 0 Å². The highest BCUT2D eigenvalue weighted by Crippen LogP contribution is 2.25. The smallest absolute Gasteiger partial charge is 0.0873 e. The number of benzene rings is 1. The Labute approximate surface area is 94.3 Å². The Bertz CT molecular complexity index is 364. The van der Waals surface area contributed by atoms with Gasteiger partial charge in [-0.3, -0.25) is 0 Å². The minimum Gasteiger partial charge on any atom is -0.411 e. The largest absolute Gasteiger partial charge is 0.411 e. The first-order valence-corrected chi connectivity index (χ1v) is 5.00. The second-order valence-corrected chi connectivity index (χ2v) is 3.69. The first-order chi connectivity index (χ1) is 7.22. The normalized spacial score (nSPS) is 15.8. The van der Waals surface area contributed by atoms with E-state index in [-0.39, 0.29) is 0 Å². The van der Waals surface area contributed by atoms with Crippen LogP contribution in [0.4, 0.5) is 0 Å². The Morgan fingerprint density at radius 2 is 2.00 bits per heavy atom. The number of rotatable bonds is 0. The van der Waals surface area contributed by atoms with Gasteiger partial charge in [-0.2, -0.15) is 0 Å². The lowest BCUT2D eigenvalue weighted by molar-refractivity contribution is 0.277. The SMILES string of the molecule is COC.ON=C1CCc2cc(Cl)ccc21. The van der Waals surface area contributed by atoms with Crippen molar-refractivity contribution < 1.29 is 9.94 Å². The van der Waals surface area contributed by atoms with Crippen LogP contribution in [0.25, 0.3) is 0 Å². The van der Waals surface area contributed by atoms with Crippen LogP contribution in [0, 0.1) is 0 Å². The molecule has 0 amide bonds. The van der Waals surface area contributed by atoms with Gasteiger partial charge in [0.2, 0.25) is 0 Å². The lowest BCUT2D eigenvalue weighted by Crippen LogP contribution is -1.92. The molecule has 2 rings (SSSR count). The van der Waals surface area contributed by atoms with Crippen LogP contribution >= 0.6 is 11.6 Å². The van der Waals surface area contributed by atoms with E-state index in [1.54, 1.807) is 14.2 Å². The second kappa shape index (κ2) is 5.73. The summed E-state index contributed by atoms with van der Waals surface area (Å²) in [6.07, 6.45) is 1.74. The molecule has 0 radical (unpaired) electrons. The van der Waals surface area contributed by atoms with Crippen molar-refractivity contribution in [2.24, 2.45) is 5.16 Å². The van der Waals surface area contributed by atoms with Crippen LogP contribution in [0.2, 0.25) is 5.02 Å². The molecule has 82 valence electrons. The van der Waals surface area contributed by atoms with Crippen molar-refractivity contribution in [1.82, 2.24) is 0 Å². The van der Waals surface area contributed by atoms with Crippen LogP contribution in [-0.4, -0.2) is 25.1 Å². The molecule has 0 unspecified atom stereocenters. The monoisotopic (exact) mass is 227 g/mol. The van der Waals surface area contributed by atoms with Crippen molar-refractivity contribution in [2.75, 3.05) is 14.2 Å². The molecule has 15 heavy (non-hydrogen) atoms. The van der Waals surface area contributed by atoms with Gasteiger partial charge in [0, 0.05) is 24.8 Å². The summed E-state index contributed by atoms with van der Waals surface area (Å²) in [7, 11) is 3.25. The summed E-state index contributed by atoms with van der Waals surface area (Å²) < 4.78 is 4.25. The Morgan fingerprint density at radius 3 is 2.60 bits per heavy atom. The van der Waals surface area contributed by atoms with Crippen molar-refractivity contribution in [2.45, 2.75) is 12.8 Å². The van der Waals surface area contributed by atoms with Gasteiger partial charge < -0.3 is 9.94 Å².